The second-order valence-electron chi connectivity index (χ2n) is 6.45. The lowest BCUT2D eigenvalue weighted by Gasteiger charge is -2.19. The summed E-state index contributed by atoms with van der Waals surface area (Å²) < 4.78 is 23.5. The lowest BCUT2D eigenvalue weighted by molar-refractivity contribution is -0.145. The molecule has 0 spiro atoms. The zero-order chi connectivity index (χ0) is 21.7. The van der Waals surface area contributed by atoms with Crippen molar-refractivity contribution in [3.63, 3.8) is 0 Å². The molecule has 0 aliphatic carbocycles. The maximum atomic E-state index is 13.3. The van der Waals surface area contributed by atoms with E-state index in [-0.39, 0.29) is 24.0 Å². The van der Waals surface area contributed by atoms with Gasteiger partial charge in [-0.05, 0) is 67.2 Å². The van der Waals surface area contributed by atoms with Crippen LogP contribution in [0.3, 0.4) is 0 Å². The summed E-state index contributed by atoms with van der Waals surface area (Å²) in [5.74, 6) is -0.571. The molecule has 0 bridgehead atoms. The molecule has 2 aromatic rings. The standard InChI is InChI=1S/C22H21FN2O4S/c1-3-29-20(26)14-19-21(27)25(17-8-6-16(23)7-9-17)22(30)24(19)13-12-15-4-10-18(28-2)11-5-15/h4-13,19H,3,14H2,1-2H3/b13-12-. The molecule has 0 radical (unpaired) electrons. The Balaban J connectivity index is 1.90. The van der Waals surface area contributed by atoms with Crippen molar-refractivity contribution in [3.05, 3.63) is 66.1 Å². The summed E-state index contributed by atoms with van der Waals surface area (Å²) in [5, 5.41) is 0.200. The van der Waals surface area contributed by atoms with Crippen molar-refractivity contribution in [1.82, 2.24) is 4.90 Å². The number of esters is 1. The Bertz CT molecular complexity index is 960. The van der Waals surface area contributed by atoms with Gasteiger partial charge in [0.05, 0.1) is 25.8 Å². The van der Waals surface area contributed by atoms with Gasteiger partial charge in [-0.2, -0.15) is 0 Å². The third kappa shape index (κ3) is 4.65. The summed E-state index contributed by atoms with van der Waals surface area (Å²) in [6.45, 7) is 1.92. The molecule has 0 aromatic heterocycles. The van der Waals surface area contributed by atoms with Crippen molar-refractivity contribution in [2.45, 2.75) is 19.4 Å². The molecule has 6 nitrogen and oxygen atoms in total. The molecule has 3 rings (SSSR count). The van der Waals surface area contributed by atoms with Crippen molar-refractivity contribution < 1.29 is 23.5 Å². The molecule has 8 heteroatoms. The number of carbonyl (C=O) groups excluding carboxylic acids is 2. The van der Waals surface area contributed by atoms with Crippen LogP contribution in [0.2, 0.25) is 0 Å². The fourth-order valence-corrected chi connectivity index (χ4v) is 3.43. The van der Waals surface area contributed by atoms with Gasteiger partial charge in [0.15, 0.2) is 5.11 Å². The van der Waals surface area contributed by atoms with Crippen LogP contribution in [0.25, 0.3) is 6.08 Å². The van der Waals surface area contributed by atoms with Gasteiger partial charge in [-0.3, -0.25) is 14.5 Å². The number of carbonyl (C=O) groups is 2. The van der Waals surface area contributed by atoms with E-state index in [0.717, 1.165) is 11.3 Å². The maximum absolute atomic E-state index is 13.3. The van der Waals surface area contributed by atoms with E-state index in [0.29, 0.717) is 5.69 Å². The van der Waals surface area contributed by atoms with Crippen molar-refractivity contribution in [3.8, 4) is 5.75 Å². The zero-order valence-corrected chi connectivity index (χ0v) is 17.4. The summed E-state index contributed by atoms with van der Waals surface area (Å²) in [4.78, 5) is 28.0. The molecule has 1 aliphatic rings. The van der Waals surface area contributed by atoms with E-state index in [9.17, 15) is 14.0 Å². The molecule has 1 saturated heterocycles. The molecule has 1 fully saturated rings. The topological polar surface area (TPSA) is 59.1 Å². The van der Waals surface area contributed by atoms with Crippen LogP contribution in [0.15, 0.2) is 54.7 Å². The molecule has 30 heavy (non-hydrogen) atoms. The number of hydrogen-bond acceptors (Lipinski definition) is 5. The number of halogens is 1. The Morgan fingerprint density at radius 1 is 1.17 bits per heavy atom. The highest BCUT2D eigenvalue weighted by Gasteiger charge is 2.43. The third-order valence-corrected chi connectivity index (χ3v) is 4.94. The van der Waals surface area contributed by atoms with E-state index in [1.165, 1.54) is 29.2 Å². The van der Waals surface area contributed by atoms with Crippen LogP contribution in [-0.2, 0) is 14.3 Å². The Morgan fingerprint density at radius 3 is 2.43 bits per heavy atom. The van der Waals surface area contributed by atoms with Crippen LogP contribution < -0.4 is 9.64 Å². The molecule has 1 amide bonds. The van der Waals surface area contributed by atoms with Gasteiger partial charge in [0.2, 0.25) is 0 Å². The van der Waals surface area contributed by atoms with Gasteiger partial charge in [0.1, 0.15) is 17.6 Å². The molecular formula is C22H21FN2O4S. The van der Waals surface area contributed by atoms with Gasteiger partial charge in [-0.1, -0.05) is 12.1 Å². The lowest BCUT2D eigenvalue weighted by Crippen LogP contribution is -2.33. The van der Waals surface area contributed by atoms with Gasteiger partial charge in [-0.25, -0.2) is 4.39 Å². The average Bonchev–Trinajstić information content (AvgIpc) is 2.97. The summed E-state index contributed by atoms with van der Waals surface area (Å²) in [5.41, 5.74) is 1.29. The van der Waals surface area contributed by atoms with Gasteiger partial charge < -0.3 is 14.4 Å². The third-order valence-electron chi connectivity index (χ3n) is 4.55. The summed E-state index contributed by atoms with van der Waals surface area (Å²) in [6, 6.07) is 11.9. The molecule has 0 N–H and O–H groups in total. The first-order valence-corrected chi connectivity index (χ1v) is 9.75. The summed E-state index contributed by atoms with van der Waals surface area (Å²) >= 11 is 5.52. The number of nitrogens with zero attached hydrogens (tertiary/aromatic N) is 2. The zero-order valence-electron chi connectivity index (χ0n) is 16.6. The lowest BCUT2D eigenvalue weighted by atomic mass is 10.1. The van der Waals surface area contributed by atoms with Crippen molar-refractivity contribution in [2.24, 2.45) is 0 Å². The van der Waals surface area contributed by atoms with Crippen LogP contribution >= 0.6 is 12.2 Å². The fraction of sp³-hybridized carbons (Fsp3) is 0.227. The predicted molar refractivity (Wildman–Crippen MR) is 115 cm³/mol. The smallest absolute Gasteiger partial charge is 0.308 e. The van der Waals surface area contributed by atoms with E-state index in [2.05, 4.69) is 0 Å². The number of rotatable bonds is 7. The maximum Gasteiger partial charge on any atom is 0.308 e. The normalized spacial score (nSPS) is 16.4. The van der Waals surface area contributed by atoms with Gasteiger partial charge >= 0.3 is 5.97 Å². The van der Waals surface area contributed by atoms with Crippen LogP contribution in [0, 0.1) is 5.82 Å². The number of anilines is 1. The minimum absolute atomic E-state index is 0.155. The molecular weight excluding hydrogens is 407 g/mol. The molecule has 1 atom stereocenters. The van der Waals surface area contributed by atoms with E-state index in [1.807, 2.05) is 24.3 Å². The van der Waals surface area contributed by atoms with Crippen LogP contribution in [0.5, 0.6) is 5.75 Å². The number of hydrogen-bond donors (Lipinski definition) is 0. The minimum Gasteiger partial charge on any atom is -0.497 e. The van der Waals surface area contributed by atoms with Crippen molar-refractivity contribution in [2.75, 3.05) is 18.6 Å². The number of methoxy groups -OCH3 is 1. The van der Waals surface area contributed by atoms with Crippen molar-refractivity contribution in [1.29, 1.82) is 0 Å². The first-order chi connectivity index (χ1) is 14.4. The highest BCUT2D eigenvalue weighted by molar-refractivity contribution is 7.80. The fourth-order valence-electron chi connectivity index (χ4n) is 3.05. The molecule has 1 unspecified atom stereocenters. The molecule has 2 aromatic carbocycles. The Labute approximate surface area is 179 Å². The largest absolute Gasteiger partial charge is 0.497 e. The minimum atomic E-state index is -0.851. The Morgan fingerprint density at radius 2 is 1.83 bits per heavy atom. The highest BCUT2D eigenvalue weighted by atomic mass is 32.1. The monoisotopic (exact) mass is 428 g/mol. The molecule has 1 aliphatic heterocycles. The predicted octanol–water partition coefficient (Wildman–Crippen LogP) is 3.76. The number of thiocarbonyl (C=S) groups is 1. The van der Waals surface area contributed by atoms with E-state index < -0.39 is 17.8 Å². The Hall–Kier alpha value is -3.26. The van der Waals surface area contributed by atoms with Gasteiger partial charge in [0, 0.05) is 6.20 Å². The van der Waals surface area contributed by atoms with E-state index in [1.54, 1.807) is 31.2 Å². The first-order valence-electron chi connectivity index (χ1n) is 9.34. The van der Waals surface area contributed by atoms with Gasteiger partial charge in [-0.15, -0.1) is 0 Å². The second kappa shape index (κ2) is 9.49. The SMILES string of the molecule is CCOC(=O)CC1C(=O)N(c2ccc(F)cc2)C(=S)N1/C=C\c1ccc(OC)cc1. The number of benzene rings is 2. The summed E-state index contributed by atoms with van der Waals surface area (Å²) in [7, 11) is 1.59. The molecule has 0 saturated carbocycles. The molecule has 1 heterocycles. The van der Waals surface area contributed by atoms with E-state index >= 15 is 0 Å². The molecule has 156 valence electrons. The van der Waals surface area contributed by atoms with Gasteiger partial charge in [0.25, 0.3) is 5.91 Å². The van der Waals surface area contributed by atoms with Crippen LogP contribution in [-0.4, -0.2) is 41.6 Å². The van der Waals surface area contributed by atoms with Crippen LogP contribution in [0.4, 0.5) is 10.1 Å². The second-order valence-corrected chi connectivity index (χ2v) is 6.82. The number of amides is 1. The van der Waals surface area contributed by atoms with E-state index in [4.69, 9.17) is 21.7 Å². The van der Waals surface area contributed by atoms with Crippen LogP contribution in [0.1, 0.15) is 18.9 Å². The van der Waals surface area contributed by atoms with Crippen molar-refractivity contribution >= 4 is 41.0 Å². The first kappa shape index (κ1) is 21.4. The highest BCUT2D eigenvalue weighted by Crippen LogP contribution is 2.28. The quantitative estimate of drug-likeness (QED) is 0.494. The average molecular weight is 428 g/mol. The number of ether oxygens (including phenoxy) is 2. The Kier molecular flexibility index (Phi) is 6.79. The summed E-state index contributed by atoms with van der Waals surface area (Å²) in [6.07, 6.45) is 3.29.